The Kier molecular flexibility index (Phi) is 4.57. The van der Waals surface area contributed by atoms with E-state index >= 15 is 0 Å². The number of carbonyl (C=O) groups is 1. The number of aromatic nitrogens is 2. The van der Waals surface area contributed by atoms with Crippen molar-refractivity contribution in [2.75, 3.05) is 13.1 Å². The molecule has 1 saturated heterocycles. The smallest absolute Gasteiger partial charge is 0.226 e. The summed E-state index contributed by atoms with van der Waals surface area (Å²) in [5, 5.41) is 9.21. The van der Waals surface area contributed by atoms with Crippen LogP contribution < -0.4 is 10.6 Å². The summed E-state index contributed by atoms with van der Waals surface area (Å²) < 4.78 is 0. The van der Waals surface area contributed by atoms with Crippen LogP contribution in [0.25, 0.3) is 10.6 Å². The Bertz CT molecular complexity index is 593. The first-order valence-corrected chi connectivity index (χ1v) is 8.04. The summed E-state index contributed by atoms with van der Waals surface area (Å²) in [6.07, 6.45) is 6.04. The molecule has 1 aliphatic heterocycles. The molecule has 2 N–H and O–H groups in total. The van der Waals surface area contributed by atoms with Gasteiger partial charge < -0.3 is 10.6 Å². The van der Waals surface area contributed by atoms with Gasteiger partial charge in [0.15, 0.2) is 0 Å². The average Bonchev–Trinajstić information content (AvgIpc) is 2.97. The van der Waals surface area contributed by atoms with Crippen molar-refractivity contribution < 1.29 is 4.79 Å². The molecule has 0 saturated carbocycles. The highest BCUT2D eigenvalue weighted by Crippen LogP contribution is 2.22. The van der Waals surface area contributed by atoms with Gasteiger partial charge in [0.1, 0.15) is 5.01 Å². The lowest BCUT2D eigenvalue weighted by atomic mass is 10.1. The molecule has 2 aromatic rings. The number of piperidine rings is 1. The van der Waals surface area contributed by atoms with Gasteiger partial charge in [0.2, 0.25) is 5.91 Å². The van der Waals surface area contributed by atoms with Gasteiger partial charge in [-0.3, -0.25) is 9.78 Å². The van der Waals surface area contributed by atoms with E-state index in [0.717, 1.165) is 42.2 Å². The molecule has 0 aliphatic carbocycles. The molecule has 1 atom stereocenters. The largest absolute Gasteiger partial charge is 0.352 e. The first-order valence-electron chi connectivity index (χ1n) is 7.16. The van der Waals surface area contributed by atoms with Gasteiger partial charge in [-0.05, 0) is 31.5 Å². The Balaban J connectivity index is 1.58. The van der Waals surface area contributed by atoms with Gasteiger partial charge in [-0.15, -0.1) is 11.3 Å². The Hall–Kier alpha value is -1.79. The minimum absolute atomic E-state index is 0.0479. The van der Waals surface area contributed by atoms with E-state index in [1.54, 1.807) is 23.7 Å². The Morgan fingerprint density at radius 3 is 3.24 bits per heavy atom. The molecule has 3 rings (SSSR count). The number of carbonyl (C=O) groups excluding carboxylic acids is 1. The molecule has 0 bridgehead atoms. The van der Waals surface area contributed by atoms with Crippen LogP contribution in [-0.4, -0.2) is 35.0 Å². The summed E-state index contributed by atoms with van der Waals surface area (Å²) in [4.78, 5) is 20.6. The molecule has 1 unspecified atom stereocenters. The predicted octanol–water partition coefficient (Wildman–Crippen LogP) is 1.62. The van der Waals surface area contributed by atoms with E-state index in [9.17, 15) is 4.79 Å². The molecular formula is C15H18N4OS. The summed E-state index contributed by atoms with van der Waals surface area (Å²) in [5.74, 6) is 0.0479. The second kappa shape index (κ2) is 6.78. The van der Waals surface area contributed by atoms with Crippen LogP contribution >= 0.6 is 11.3 Å². The van der Waals surface area contributed by atoms with Gasteiger partial charge in [0.25, 0.3) is 0 Å². The van der Waals surface area contributed by atoms with Gasteiger partial charge in [-0.1, -0.05) is 0 Å². The molecule has 21 heavy (non-hydrogen) atoms. The fourth-order valence-electron chi connectivity index (χ4n) is 2.43. The zero-order valence-electron chi connectivity index (χ0n) is 11.7. The summed E-state index contributed by atoms with van der Waals surface area (Å²) in [6.45, 7) is 1.91. The van der Waals surface area contributed by atoms with Crippen molar-refractivity contribution in [2.45, 2.75) is 25.3 Å². The molecule has 1 aliphatic rings. The van der Waals surface area contributed by atoms with Gasteiger partial charge in [-0.2, -0.15) is 0 Å². The molecule has 110 valence electrons. The Labute approximate surface area is 127 Å². The zero-order chi connectivity index (χ0) is 14.5. The van der Waals surface area contributed by atoms with E-state index in [2.05, 4.69) is 20.6 Å². The van der Waals surface area contributed by atoms with Crippen LogP contribution in [0.5, 0.6) is 0 Å². The number of nitrogens with zero attached hydrogens (tertiary/aromatic N) is 2. The molecule has 1 fully saturated rings. The van der Waals surface area contributed by atoms with E-state index in [0.29, 0.717) is 6.42 Å². The lowest BCUT2D eigenvalue weighted by molar-refractivity contribution is -0.121. The van der Waals surface area contributed by atoms with Crippen LogP contribution in [0.2, 0.25) is 0 Å². The van der Waals surface area contributed by atoms with E-state index < -0.39 is 0 Å². The van der Waals surface area contributed by atoms with Crippen molar-refractivity contribution in [3.63, 3.8) is 0 Å². The molecule has 3 heterocycles. The van der Waals surface area contributed by atoms with Gasteiger partial charge >= 0.3 is 0 Å². The third kappa shape index (κ3) is 3.86. The van der Waals surface area contributed by atoms with Gasteiger partial charge in [0.05, 0.1) is 12.1 Å². The van der Waals surface area contributed by atoms with E-state index in [-0.39, 0.29) is 11.9 Å². The van der Waals surface area contributed by atoms with Crippen molar-refractivity contribution in [2.24, 2.45) is 0 Å². The molecule has 5 nitrogen and oxygen atoms in total. The standard InChI is InChI=1S/C15H18N4OS/c20-14(18-12-4-2-6-17-9-12)7-13-10-21-15(19-13)11-3-1-5-16-8-11/h1,3,5,8,10,12,17H,2,4,6-7,9H2,(H,18,20). The van der Waals surface area contributed by atoms with Crippen molar-refractivity contribution in [3.05, 3.63) is 35.6 Å². The molecule has 6 heteroatoms. The lowest BCUT2D eigenvalue weighted by Crippen LogP contribution is -2.46. The van der Waals surface area contributed by atoms with Crippen molar-refractivity contribution >= 4 is 17.2 Å². The van der Waals surface area contributed by atoms with Crippen molar-refractivity contribution in [3.8, 4) is 10.6 Å². The van der Waals surface area contributed by atoms with Crippen LogP contribution in [0.1, 0.15) is 18.5 Å². The molecule has 0 radical (unpaired) electrons. The molecule has 0 aromatic carbocycles. The van der Waals surface area contributed by atoms with Crippen LogP contribution in [-0.2, 0) is 11.2 Å². The van der Waals surface area contributed by atoms with Crippen LogP contribution in [0.4, 0.5) is 0 Å². The number of amides is 1. The van der Waals surface area contributed by atoms with Crippen LogP contribution in [0.15, 0.2) is 29.9 Å². The SMILES string of the molecule is O=C(Cc1csc(-c2cccnc2)n1)NC1CCCNC1. The normalized spacial score (nSPS) is 18.4. The third-order valence-corrected chi connectivity index (χ3v) is 4.40. The minimum atomic E-state index is 0.0479. The topological polar surface area (TPSA) is 66.9 Å². The number of nitrogens with one attached hydrogen (secondary N) is 2. The van der Waals surface area contributed by atoms with Crippen molar-refractivity contribution in [1.82, 2.24) is 20.6 Å². The first kappa shape index (κ1) is 14.2. The molecule has 2 aromatic heterocycles. The maximum Gasteiger partial charge on any atom is 0.226 e. The highest BCUT2D eigenvalue weighted by Gasteiger charge is 2.16. The van der Waals surface area contributed by atoms with E-state index in [1.807, 2.05) is 17.5 Å². The Morgan fingerprint density at radius 2 is 2.48 bits per heavy atom. The number of hydrogen-bond acceptors (Lipinski definition) is 5. The molecule has 0 spiro atoms. The quantitative estimate of drug-likeness (QED) is 0.900. The third-order valence-electron chi connectivity index (χ3n) is 3.46. The summed E-state index contributed by atoms with van der Waals surface area (Å²) in [6, 6.07) is 4.12. The van der Waals surface area contributed by atoms with Gasteiger partial charge in [0, 0.05) is 35.9 Å². The highest BCUT2D eigenvalue weighted by molar-refractivity contribution is 7.13. The zero-order valence-corrected chi connectivity index (χ0v) is 12.5. The maximum atomic E-state index is 12.0. The van der Waals surface area contributed by atoms with Crippen LogP contribution in [0.3, 0.4) is 0 Å². The highest BCUT2D eigenvalue weighted by atomic mass is 32.1. The fraction of sp³-hybridized carbons (Fsp3) is 0.400. The minimum Gasteiger partial charge on any atom is -0.352 e. The molecular weight excluding hydrogens is 284 g/mol. The average molecular weight is 302 g/mol. The number of pyridine rings is 1. The second-order valence-electron chi connectivity index (χ2n) is 5.17. The predicted molar refractivity (Wildman–Crippen MR) is 83.1 cm³/mol. The van der Waals surface area contributed by atoms with Crippen LogP contribution in [0, 0.1) is 0 Å². The second-order valence-corrected chi connectivity index (χ2v) is 6.03. The maximum absolute atomic E-state index is 12.0. The Morgan fingerprint density at radius 1 is 1.52 bits per heavy atom. The van der Waals surface area contributed by atoms with Gasteiger partial charge in [-0.25, -0.2) is 4.98 Å². The number of hydrogen-bond donors (Lipinski definition) is 2. The number of thiazole rings is 1. The lowest BCUT2D eigenvalue weighted by Gasteiger charge is -2.23. The summed E-state index contributed by atoms with van der Waals surface area (Å²) >= 11 is 1.55. The monoisotopic (exact) mass is 302 g/mol. The first-order chi connectivity index (χ1) is 10.3. The number of rotatable bonds is 4. The van der Waals surface area contributed by atoms with Crippen molar-refractivity contribution in [1.29, 1.82) is 0 Å². The fourth-order valence-corrected chi connectivity index (χ4v) is 3.24. The summed E-state index contributed by atoms with van der Waals surface area (Å²) in [5.41, 5.74) is 1.81. The molecule has 1 amide bonds. The summed E-state index contributed by atoms with van der Waals surface area (Å²) in [7, 11) is 0. The van der Waals surface area contributed by atoms with E-state index in [4.69, 9.17) is 0 Å². The van der Waals surface area contributed by atoms with E-state index in [1.165, 1.54) is 0 Å².